The summed E-state index contributed by atoms with van der Waals surface area (Å²) in [5, 5.41) is 7.02. The minimum Gasteiger partial charge on any atom is -0.406 e. The number of likely N-dealkylation sites (N-methyl/N-ethyl adjacent to an activating group) is 1. The molecule has 0 spiro atoms. The van der Waals surface area contributed by atoms with E-state index in [0.29, 0.717) is 17.1 Å². The maximum atomic E-state index is 12.2. The highest BCUT2D eigenvalue weighted by Crippen LogP contribution is 2.24. The molecule has 3 rings (SSSR count). The van der Waals surface area contributed by atoms with Crippen molar-refractivity contribution in [3.63, 3.8) is 0 Å². The maximum Gasteiger partial charge on any atom is 0.573 e. The fourth-order valence-electron chi connectivity index (χ4n) is 2.44. The third-order valence-electron chi connectivity index (χ3n) is 3.92. The Morgan fingerprint density at radius 1 is 1.17 bits per heavy atom. The Bertz CT molecular complexity index is 1000. The van der Waals surface area contributed by atoms with Crippen LogP contribution in [0.4, 0.5) is 13.2 Å². The quantitative estimate of drug-likeness (QED) is 0.501. The molecule has 1 N–H and O–H groups in total. The number of aromatic nitrogens is 3. The van der Waals surface area contributed by atoms with Gasteiger partial charge in [-0.15, -0.1) is 18.3 Å². The van der Waals surface area contributed by atoms with Crippen LogP contribution in [0, 0.1) is 0 Å². The molecule has 3 aromatic rings. The molecular weight excluding hydrogens is 389 g/mol. The highest BCUT2D eigenvalue weighted by atomic mass is 19.4. The Morgan fingerprint density at radius 3 is 2.41 bits per heavy atom. The highest BCUT2D eigenvalue weighted by Gasteiger charge is 2.31. The number of halogens is 3. The molecule has 0 saturated heterocycles. The summed E-state index contributed by atoms with van der Waals surface area (Å²) in [4.78, 5) is 16.0. The molecule has 0 radical (unpaired) electrons. The zero-order valence-corrected chi connectivity index (χ0v) is 15.1. The van der Waals surface area contributed by atoms with Gasteiger partial charge >= 0.3 is 6.36 Å². The van der Waals surface area contributed by atoms with Crippen molar-refractivity contribution >= 4 is 5.91 Å². The molecule has 0 unspecified atom stereocenters. The Labute approximate surface area is 163 Å². The lowest BCUT2D eigenvalue weighted by molar-refractivity contribution is -0.636. The molecule has 150 valence electrons. The predicted molar refractivity (Wildman–Crippen MR) is 94.3 cm³/mol. The number of hydrogen-bond donors (Lipinski definition) is 1. The van der Waals surface area contributed by atoms with Crippen LogP contribution in [0.5, 0.6) is 5.75 Å². The number of alkyl halides is 3. The van der Waals surface area contributed by atoms with Gasteiger partial charge in [0.05, 0.1) is 5.69 Å². The summed E-state index contributed by atoms with van der Waals surface area (Å²) in [7, 11) is 1.40. The summed E-state index contributed by atoms with van der Waals surface area (Å²) >= 11 is 0. The topological polar surface area (TPSA) is 96.5 Å². The van der Waals surface area contributed by atoms with Gasteiger partial charge in [0, 0.05) is 12.0 Å². The first-order valence-electron chi connectivity index (χ1n) is 8.28. The highest BCUT2D eigenvalue weighted by molar-refractivity contribution is 5.77. The number of rotatable bonds is 6. The fourth-order valence-corrected chi connectivity index (χ4v) is 2.44. The standard InChI is InChI=1S/C18H15F3N6O2/c1-26(25-22)16(28)10-12-2-4-13(5-3-12)17-23-11-27(24-17)14-6-8-15(9-7-14)29-18(19,20)21/h2-9,11,25H,10H2,1H3. The molecule has 1 aromatic heterocycles. The third kappa shape index (κ3) is 5.15. The number of amides is 1. The van der Waals surface area contributed by atoms with E-state index in [9.17, 15) is 18.0 Å². The van der Waals surface area contributed by atoms with Crippen molar-refractivity contribution in [1.82, 2.24) is 19.8 Å². The Balaban J connectivity index is 1.71. The molecule has 2 aromatic carbocycles. The van der Waals surface area contributed by atoms with Crippen LogP contribution in [-0.2, 0) is 11.2 Å². The summed E-state index contributed by atoms with van der Waals surface area (Å²) in [5.74, 6) is -0.234. The van der Waals surface area contributed by atoms with E-state index in [1.165, 1.54) is 42.3 Å². The molecule has 0 saturated carbocycles. The summed E-state index contributed by atoms with van der Waals surface area (Å²) in [5.41, 5.74) is 10.7. The Hall–Kier alpha value is -3.76. The zero-order chi connectivity index (χ0) is 21.0. The number of ether oxygens (including phenoxy) is 1. The number of nitrogens with one attached hydrogen (secondary N) is 1. The van der Waals surface area contributed by atoms with E-state index in [4.69, 9.17) is 5.53 Å². The third-order valence-corrected chi connectivity index (χ3v) is 3.92. The normalized spacial score (nSPS) is 11.2. The van der Waals surface area contributed by atoms with Crippen LogP contribution in [0.2, 0.25) is 0 Å². The Morgan fingerprint density at radius 2 is 1.83 bits per heavy atom. The molecule has 11 heteroatoms. The summed E-state index contributed by atoms with van der Waals surface area (Å²) in [6, 6.07) is 12.2. The average Bonchev–Trinajstić information content (AvgIpc) is 3.17. The molecule has 0 aliphatic carbocycles. The number of hydrogen-bond acceptors (Lipinski definition) is 4. The zero-order valence-electron chi connectivity index (χ0n) is 15.1. The van der Waals surface area contributed by atoms with Gasteiger partial charge in [0.1, 0.15) is 12.1 Å². The molecule has 0 bridgehead atoms. The lowest BCUT2D eigenvalue weighted by Crippen LogP contribution is -2.77. The molecule has 0 aliphatic heterocycles. The minimum atomic E-state index is -4.75. The van der Waals surface area contributed by atoms with Gasteiger partial charge in [-0.3, -0.25) is 4.79 Å². The van der Waals surface area contributed by atoms with Crippen molar-refractivity contribution in [3.8, 4) is 22.8 Å². The van der Waals surface area contributed by atoms with Crippen LogP contribution in [0.1, 0.15) is 5.56 Å². The van der Waals surface area contributed by atoms with Gasteiger partial charge in [-0.1, -0.05) is 24.3 Å². The van der Waals surface area contributed by atoms with Crippen molar-refractivity contribution in [2.45, 2.75) is 12.8 Å². The van der Waals surface area contributed by atoms with Gasteiger partial charge in [0.25, 0.3) is 0 Å². The van der Waals surface area contributed by atoms with Gasteiger partial charge in [-0.25, -0.2) is 14.7 Å². The maximum absolute atomic E-state index is 12.2. The fraction of sp³-hybridized carbons (Fsp3) is 0.167. The van der Waals surface area contributed by atoms with E-state index in [1.54, 1.807) is 29.5 Å². The molecule has 0 aliphatic rings. The molecule has 1 heterocycles. The van der Waals surface area contributed by atoms with E-state index in [0.717, 1.165) is 10.6 Å². The minimum absolute atomic E-state index is 0.0958. The molecule has 0 fully saturated rings. The van der Waals surface area contributed by atoms with Gasteiger partial charge in [-0.2, -0.15) is 10.8 Å². The van der Waals surface area contributed by atoms with Crippen molar-refractivity contribution in [2.75, 3.05) is 7.05 Å². The predicted octanol–water partition coefficient (Wildman–Crippen LogP) is 1.85. The van der Waals surface area contributed by atoms with E-state index in [1.807, 2.05) is 0 Å². The van der Waals surface area contributed by atoms with Crippen molar-refractivity contribution in [2.24, 2.45) is 0 Å². The number of benzene rings is 2. The van der Waals surface area contributed by atoms with Crippen LogP contribution in [0.3, 0.4) is 0 Å². The van der Waals surface area contributed by atoms with E-state index < -0.39 is 6.36 Å². The van der Waals surface area contributed by atoms with Gasteiger partial charge < -0.3 is 4.74 Å². The van der Waals surface area contributed by atoms with Gasteiger partial charge in [-0.05, 0) is 36.9 Å². The van der Waals surface area contributed by atoms with Crippen LogP contribution >= 0.6 is 0 Å². The smallest absolute Gasteiger partial charge is 0.406 e. The number of hydrazine groups is 1. The van der Waals surface area contributed by atoms with Crippen molar-refractivity contribution < 1.29 is 27.9 Å². The van der Waals surface area contributed by atoms with Crippen molar-refractivity contribution in [3.05, 3.63) is 66.0 Å². The monoisotopic (exact) mass is 404 g/mol. The van der Waals surface area contributed by atoms with Crippen molar-refractivity contribution in [1.29, 1.82) is 0 Å². The first kappa shape index (κ1) is 20.0. The Kier molecular flexibility index (Phi) is 5.57. The van der Waals surface area contributed by atoms with Gasteiger partial charge in [0.15, 0.2) is 11.7 Å². The second-order valence-electron chi connectivity index (χ2n) is 5.98. The molecule has 0 atom stereocenters. The lowest BCUT2D eigenvalue weighted by atomic mass is 10.1. The molecular formula is C18H15F3N6O2. The van der Waals surface area contributed by atoms with Crippen LogP contribution in [-0.4, -0.2) is 39.1 Å². The van der Waals surface area contributed by atoms with Gasteiger partial charge in [0.2, 0.25) is 0 Å². The largest absolute Gasteiger partial charge is 0.573 e. The number of carbonyl (C=O) groups is 1. The summed E-state index contributed by atoms with van der Waals surface area (Å²) < 4.78 is 41.9. The van der Waals surface area contributed by atoms with E-state index in [2.05, 4.69) is 14.8 Å². The molecule has 1 amide bonds. The second-order valence-corrected chi connectivity index (χ2v) is 5.98. The summed E-state index contributed by atoms with van der Waals surface area (Å²) in [6.45, 7) is 0. The first-order chi connectivity index (χ1) is 13.7. The van der Waals surface area contributed by atoms with Crippen LogP contribution in [0.25, 0.3) is 22.6 Å². The lowest BCUT2D eigenvalue weighted by Gasteiger charge is -2.10. The average molecular weight is 404 g/mol. The second kappa shape index (κ2) is 8.09. The number of nitrogens with zero attached hydrogens (tertiary/aromatic N) is 5. The molecule has 8 nitrogen and oxygen atoms in total. The number of carbonyl (C=O) groups excluding carboxylic acids is 1. The summed E-state index contributed by atoms with van der Waals surface area (Å²) in [6.07, 6.45) is -3.21. The van der Waals surface area contributed by atoms with Crippen LogP contribution in [0.15, 0.2) is 54.9 Å². The SMILES string of the molecule is CN([NH+]=[N-])C(=O)Cc1ccc(-c2ncn(-c3ccc(OC(F)(F)F)cc3)n2)cc1. The van der Waals surface area contributed by atoms with Crippen LogP contribution < -0.4 is 9.96 Å². The van der Waals surface area contributed by atoms with E-state index in [-0.39, 0.29) is 18.1 Å². The van der Waals surface area contributed by atoms with E-state index >= 15 is 0 Å². The first-order valence-corrected chi connectivity index (χ1v) is 8.28. The molecule has 29 heavy (non-hydrogen) atoms.